The Kier molecular flexibility index (Phi) is 3.52. The number of likely N-dealkylation sites (tertiary alicyclic amines) is 1. The van der Waals surface area contributed by atoms with E-state index < -0.39 is 0 Å². The molecule has 2 aliphatic heterocycles. The van der Waals surface area contributed by atoms with Crippen LogP contribution in [0.25, 0.3) is 0 Å². The highest BCUT2D eigenvalue weighted by molar-refractivity contribution is 5.39. The SMILES string of the molecule is COc1ccc2c(c1)[C@@H](N1CCCCC1)CNC2. The maximum atomic E-state index is 5.38. The molecule has 18 heavy (non-hydrogen) atoms. The van der Waals surface area contributed by atoms with Gasteiger partial charge in [0.2, 0.25) is 0 Å². The van der Waals surface area contributed by atoms with E-state index in [0.29, 0.717) is 6.04 Å². The van der Waals surface area contributed by atoms with Gasteiger partial charge in [0, 0.05) is 19.1 Å². The minimum absolute atomic E-state index is 0.532. The zero-order chi connectivity index (χ0) is 12.4. The van der Waals surface area contributed by atoms with Crippen molar-refractivity contribution in [3.63, 3.8) is 0 Å². The Hall–Kier alpha value is -1.06. The van der Waals surface area contributed by atoms with E-state index in [1.165, 1.54) is 43.5 Å². The number of hydrogen-bond donors (Lipinski definition) is 1. The van der Waals surface area contributed by atoms with E-state index >= 15 is 0 Å². The number of nitrogens with one attached hydrogen (secondary N) is 1. The van der Waals surface area contributed by atoms with Crippen LogP contribution in [0.2, 0.25) is 0 Å². The zero-order valence-corrected chi connectivity index (χ0v) is 11.1. The maximum Gasteiger partial charge on any atom is 0.119 e. The molecule has 3 rings (SSSR count). The Bertz CT molecular complexity index is 413. The van der Waals surface area contributed by atoms with E-state index in [2.05, 4.69) is 28.4 Å². The Morgan fingerprint density at radius 2 is 2.06 bits per heavy atom. The molecule has 0 radical (unpaired) electrons. The first kappa shape index (κ1) is 12.0. The molecule has 1 aromatic rings. The van der Waals surface area contributed by atoms with Crippen LogP contribution in [0.4, 0.5) is 0 Å². The van der Waals surface area contributed by atoms with Crippen molar-refractivity contribution in [3.8, 4) is 5.75 Å². The van der Waals surface area contributed by atoms with Gasteiger partial charge in [-0.3, -0.25) is 4.90 Å². The second-order valence-corrected chi connectivity index (χ2v) is 5.31. The van der Waals surface area contributed by atoms with Crippen LogP contribution >= 0.6 is 0 Å². The number of benzene rings is 1. The predicted octanol–water partition coefficient (Wildman–Crippen LogP) is 2.33. The summed E-state index contributed by atoms with van der Waals surface area (Å²) in [6, 6.07) is 7.04. The molecule has 3 heteroatoms. The average molecular weight is 246 g/mol. The summed E-state index contributed by atoms with van der Waals surface area (Å²) in [5.41, 5.74) is 2.90. The summed E-state index contributed by atoms with van der Waals surface area (Å²) in [6.07, 6.45) is 4.08. The highest BCUT2D eigenvalue weighted by Crippen LogP contribution is 2.31. The molecule has 1 saturated heterocycles. The molecule has 0 unspecified atom stereocenters. The summed E-state index contributed by atoms with van der Waals surface area (Å²) in [4.78, 5) is 2.63. The fourth-order valence-corrected chi connectivity index (χ4v) is 3.18. The van der Waals surface area contributed by atoms with E-state index in [4.69, 9.17) is 4.74 Å². The van der Waals surface area contributed by atoms with Crippen LogP contribution in [-0.4, -0.2) is 31.6 Å². The van der Waals surface area contributed by atoms with Gasteiger partial charge in [-0.1, -0.05) is 12.5 Å². The summed E-state index contributed by atoms with van der Waals surface area (Å²) >= 11 is 0. The molecular formula is C15H22N2O. The standard InChI is InChI=1S/C15H22N2O/c1-18-13-6-5-12-10-16-11-15(14(12)9-13)17-7-3-2-4-8-17/h5-6,9,15-16H,2-4,7-8,10-11H2,1H3/t15-/m0/s1. The van der Waals surface area contributed by atoms with Crippen molar-refractivity contribution >= 4 is 0 Å². The lowest BCUT2D eigenvalue weighted by Crippen LogP contribution is -2.42. The van der Waals surface area contributed by atoms with Crippen LogP contribution in [0.1, 0.15) is 36.4 Å². The van der Waals surface area contributed by atoms with Gasteiger partial charge in [-0.15, -0.1) is 0 Å². The third-order valence-corrected chi connectivity index (χ3v) is 4.20. The fourth-order valence-electron chi connectivity index (χ4n) is 3.18. The Morgan fingerprint density at radius 3 is 2.83 bits per heavy atom. The summed E-state index contributed by atoms with van der Waals surface area (Å²) in [5.74, 6) is 0.984. The zero-order valence-electron chi connectivity index (χ0n) is 11.1. The van der Waals surface area contributed by atoms with E-state index in [1.807, 2.05) is 0 Å². The first-order valence-corrected chi connectivity index (χ1v) is 7.00. The number of rotatable bonds is 2. The van der Waals surface area contributed by atoms with Gasteiger partial charge in [-0.2, -0.15) is 0 Å². The Labute approximate surface area is 109 Å². The minimum Gasteiger partial charge on any atom is -0.497 e. The van der Waals surface area contributed by atoms with E-state index in [-0.39, 0.29) is 0 Å². The van der Waals surface area contributed by atoms with Crippen molar-refractivity contribution in [1.29, 1.82) is 0 Å². The minimum atomic E-state index is 0.532. The van der Waals surface area contributed by atoms with Crippen LogP contribution in [0.3, 0.4) is 0 Å². The van der Waals surface area contributed by atoms with Crippen molar-refractivity contribution in [2.45, 2.75) is 31.8 Å². The lowest BCUT2D eigenvalue weighted by atomic mass is 9.93. The predicted molar refractivity (Wildman–Crippen MR) is 72.9 cm³/mol. The van der Waals surface area contributed by atoms with Gasteiger partial charge in [0.25, 0.3) is 0 Å². The quantitative estimate of drug-likeness (QED) is 0.866. The molecule has 0 saturated carbocycles. The molecule has 0 bridgehead atoms. The second-order valence-electron chi connectivity index (χ2n) is 5.31. The second kappa shape index (κ2) is 5.29. The molecule has 1 atom stereocenters. The van der Waals surface area contributed by atoms with Gasteiger partial charge in [-0.25, -0.2) is 0 Å². The number of nitrogens with zero attached hydrogens (tertiary/aromatic N) is 1. The van der Waals surface area contributed by atoms with Crippen LogP contribution in [0, 0.1) is 0 Å². The highest BCUT2D eigenvalue weighted by atomic mass is 16.5. The van der Waals surface area contributed by atoms with Crippen molar-refractivity contribution in [1.82, 2.24) is 10.2 Å². The molecule has 2 heterocycles. The number of methoxy groups -OCH3 is 1. The Morgan fingerprint density at radius 1 is 1.22 bits per heavy atom. The average Bonchev–Trinajstić information content (AvgIpc) is 2.47. The molecule has 98 valence electrons. The third kappa shape index (κ3) is 2.25. The van der Waals surface area contributed by atoms with Gasteiger partial charge in [0.1, 0.15) is 5.75 Å². The van der Waals surface area contributed by atoms with Gasteiger partial charge < -0.3 is 10.1 Å². The molecule has 3 nitrogen and oxygen atoms in total. The number of ether oxygens (including phenoxy) is 1. The van der Waals surface area contributed by atoms with Crippen molar-refractivity contribution in [3.05, 3.63) is 29.3 Å². The maximum absolute atomic E-state index is 5.38. The topological polar surface area (TPSA) is 24.5 Å². The first-order chi connectivity index (χ1) is 8.88. The monoisotopic (exact) mass is 246 g/mol. The van der Waals surface area contributed by atoms with Crippen LogP contribution in [0.5, 0.6) is 5.75 Å². The van der Waals surface area contributed by atoms with Gasteiger partial charge >= 0.3 is 0 Å². The molecule has 0 aromatic heterocycles. The molecule has 2 aliphatic rings. The van der Waals surface area contributed by atoms with Crippen molar-refractivity contribution in [2.75, 3.05) is 26.7 Å². The van der Waals surface area contributed by atoms with Crippen LogP contribution in [0.15, 0.2) is 18.2 Å². The first-order valence-electron chi connectivity index (χ1n) is 7.00. The van der Waals surface area contributed by atoms with Crippen LogP contribution in [-0.2, 0) is 6.54 Å². The molecule has 1 aromatic carbocycles. The lowest BCUT2D eigenvalue weighted by Gasteiger charge is -2.38. The molecule has 0 amide bonds. The lowest BCUT2D eigenvalue weighted by molar-refractivity contribution is 0.154. The number of piperidine rings is 1. The highest BCUT2D eigenvalue weighted by Gasteiger charge is 2.27. The molecule has 0 spiro atoms. The normalized spacial score (nSPS) is 24.6. The van der Waals surface area contributed by atoms with E-state index in [0.717, 1.165) is 18.8 Å². The molecular weight excluding hydrogens is 224 g/mol. The van der Waals surface area contributed by atoms with Gasteiger partial charge in [0.15, 0.2) is 0 Å². The van der Waals surface area contributed by atoms with Gasteiger partial charge in [0.05, 0.1) is 7.11 Å². The Balaban J connectivity index is 1.89. The van der Waals surface area contributed by atoms with Gasteiger partial charge in [-0.05, 0) is 49.2 Å². The smallest absolute Gasteiger partial charge is 0.119 e. The summed E-state index contributed by atoms with van der Waals surface area (Å²) in [5, 5.41) is 3.54. The molecule has 1 N–H and O–H groups in total. The van der Waals surface area contributed by atoms with E-state index in [1.54, 1.807) is 7.11 Å². The van der Waals surface area contributed by atoms with Crippen molar-refractivity contribution < 1.29 is 4.74 Å². The molecule has 0 aliphatic carbocycles. The fraction of sp³-hybridized carbons (Fsp3) is 0.600. The van der Waals surface area contributed by atoms with Crippen LogP contribution < -0.4 is 10.1 Å². The summed E-state index contributed by atoms with van der Waals surface area (Å²) < 4.78 is 5.38. The summed E-state index contributed by atoms with van der Waals surface area (Å²) in [6.45, 7) is 4.54. The summed E-state index contributed by atoms with van der Waals surface area (Å²) in [7, 11) is 1.75. The van der Waals surface area contributed by atoms with Crippen molar-refractivity contribution in [2.24, 2.45) is 0 Å². The molecule has 1 fully saturated rings. The number of hydrogen-bond acceptors (Lipinski definition) is 3. The largest absolute Gasteiger partial charge is 0.497 e. The number of fused-ring (bicyclic) bond motifs is 1. The van der Waals surface area contributed by atoms with E-state index in [9.17, 15) is 0 Å². The third-order valence-electron chi connectivity index (χ3n) is 4.20.